The maximum Gasteiger partial charge on any atom is 0.344 e. The first-order chi connectivity index (χ1) is 13.6. The number of hydrogen-bond acceptors (Lipinski definition) is 6. The summed E-state index contributed by atoms with van der Waals surface area (Å²) in [7, 11) is 0. The van der Waals surface area contributed by atoms with Gasteiger partial charge in [-0.1, -0.05) is 23.2 Å². The molecular weight excluding hydrogens is 435 g/mol. The molecule has 0 atom stereocenters. The standard InChI is InChI=1S/C20H24Cl2N2O4S/c1-6-27-17(25)10-28-18-14(21)7-13(8-15(18)22)9-16-19(26)24(12(4)5)20(29-16)23-11(2)3/h7-9,11-12H,6,10H2,1-5H3/b16-9+,23-20?. The average molecular weight is 459 g/mol. The van der Waals surface area contributed by atoms with Gasteiger partial charge in [0.05, 0.1) is 21.6 Å². The molecule has 1 aliphatic heterocycles. The van der Waals surface area contributed by atoms with Crippen LogP contribution in [-0.2, 0) is 14.3 Å². The van der Waals surface area contributed by atoms with E-state index < -0.39 is 5.97 Å². The Morgan fingerprint density at radius 1 is 1.24 bits per heavy atom. The molecule has 0 bridgehead atoms. The van der Waals surface area contributed by atoms with Gasteiger partial charge in [-0.2, -0.15) is 0 Å². The monoisotopic (exact) mass is 458 g/mol. The topological polar surface area (TPSA) is 68.2 Å². The first-order valence-electron chi connectivity index (χ1n) is 9.22. The number of amides is 1. The van der Waals surface area contributed by atoms with E-state index in [9.17, 15) is 9.59 Å². The Kier molecular flexibility index (Phi) is 8.43. The molecule has 158 valence electrons. The van der Waals surface area contributed by atoms with Crippen LogP contribution in [0.4, 0.5) is 0 Å². The lowest BCUT2D eigenvalue weighted by Gasteiger charge is -2.20. The van der Waals surface area contributed by atoms with Crippen LogP contribution in [0.25, 0.3) is 6.08 Å². The molecule has 1 heterocycles. The number of rotatable bonds is 7. The first kappa shape index (κ1) is 23.6. The number of hydrogen-bond donors (Lipinski definition) is 0. The van der Waals surface area contributed by atoms with Gasteiger partial charge in [0.15, 0.2) is 17.5 Å². The van der Waals surface area contributed by atoms with Crippen molar-refractivity contribution in [3.8, 4) is 5.75 Å². The van der Waals surface area contributed by atoms with Crippen LogP contribution in [0.5, 0.6) is 5.75 Å². The Labute approximate surface area is 185 Å². The molecule has 0 saturated carbocycles. The molecule has 6 nitrogen and oxygen atoms in total. The van der Waals surface area contributed by atoms with Crippen LogP contribution >= 0.6 is 35.0 Å². The van der Waals surface area contributed by atoms with Crippen LogP contribution in [-0.4, -0.2) is 47.2 Å². The summed E-state index contributed by atoms with van der Waals surface area (Å²) >= 11 is 13.9. The molecule has 1 aromatic rings. The Morgan fingerprint density at radius 2 is 1.86 bits per heavy atom. The van der Waals surface area contributed by atoms with E-state index in [0.29, 0.717) is 15.6 Å². The predicted molar refractivity (Wildman–Crippen MR) is 119 cm³/mol. The number of aliphatic imine (C=N–C) groups is 1. The lowest BCUT2D eigenvalue weighted by molar-refractivity contribution is -0.145. The first-order valence-corrected chi connectivity index (χ1v) is 10.8. The zero-order chi connectivity index (χ0) is 21.7. The van der Waals surface area contributed by atoms with Crippen molar-refractivity contribution in [3.63, 3.8) is 0 Å². The summed E-state index contributed by atoms with van der Waals surface area (Å²) in [6.45, 7) is 9.50. The van der Waals surface area contributed by atoms with E-state index in [2.05, 4.69) is 4.99 Å². The highest BCUT2D eigenvalue weighted by atomic mass is 35.5. The highest BCUT2D eigenvalue weighted by molar-refractivity contribution is 8.18. The van der Waals surface area contributed by atoms with Crippen LogP contribution in [0, 0.1) is 0 Å². The van der Waals surface area contributed by atoms with Gasteiger partial charge in [0.2, 0.25) is 0 Å². The zero-order valence-corrected chi connectivity index (χ0v) is 19.3. The van der Waals surface area contributed by atoms with Crippen LogP contribution in [0.3, 0.4) is 0 Å². The summed E-state index contributed by atoms with van der Waals surface area (Å²) in [5.74, 6) is -0.427. The van der Waals surface area contributed by atoms with Crippen molar-refractivity contribution in [1.29, 1.82) is 0 Å². The Balaban J connectivity index is 2.28. The van der Waals surface area contributed by atoms with Crippen molar-refractivity contribution >= 4 is 58.1 Å². The number of nitrogens with zero attached hydrogens (tertiary/aromatic N) is 2. The van der Waals surface area contributed by atoms with Gasteiger partial charge >= 0.3 is 5.97 Å². The van der Waals surface area contributed by atoms with E-state index in [1.807, 2.05) is 27.7 Å². The summed E-state index contributed by atoms with van der Waals surface area (Å²) in [5.41, 5.74) is 0.647. The molecule has 0 unspecified atom stereocenters. The fraction of sp³-hybridized carbons (Fsp3) is 0.450. The molecule has 1 saturated heterocycles. The number of thioether (sulfide) groups is 1. The number of ether oxygens (including phenoxy) is 2. The summed E-state index contributed by atoms with van der Waals surface area (Å²) in [4.78, 5) is 31.1. The second-order valence-corrected chi connectivity index (χ2v) is 8.62. The lowest BCUT2D eigenvalue weighted by atomic mass is 10.2. The van der Waals surface area contributed by atoms with Gasteiger partial charge < -0.3 is 9.47 Å². The summed E-state index contributed by atoms with van der Waals surface area (Å²) in [6.07, 6.45) is 1.72. The van der Waals surface area contributed by atoms with Gasteiger partial charge in [0.1, 0.15) is 0 Å². The third-order valence-corrected chi connectivity index (χ3v) is 5.24. The van der Waals surface area contributed by atoms with Gasteiger partial charge in [-0.15, -0.1) is 0 Å². The van der Waals surface area contributed by atoms with Crippen molar-refractivity contribution in [2.24, 2.45) is 4.99 Å². The van der Waals surface area contributed by atoms with E-state index in [1.165, 1.54) is 11.8 Å². The summed E-state index contributed by atoms with van der Waals surface area (Å²) in [6, 6.07) is 3.33. The lowest BCUT2D eigenvalue weighted by Crippen LogP contribution is -2.35. The van der Waals surface area contributed by atoms with E-state index in [0.717, 1.165) is 0 Å². The second kappa shape index (κ2) is 10.4. The normalized spacial score (nSPS) is 17.1. The van der Waals surface area contributed by atoms with Crippen molar-refractivity contribution < 1.29 is 19.1 Å². The fourth-order valence-electron chi connectivity index (χ4n) is 2.54. The maximum atomic E-state index is 12.8. The summed E-state index contributed by atoms with van der Waals surface area (Å²) in [5, 5.41) is 1.15. The molecule has 0 aromatic heterocycles. The molecule has 0 radical (unpaired) electrons. The molecule has 1 amide bonds. The van der Waals surface area contributed by atoms with Crippen LogP contribution in [0.2, 0.25) is 10.0 Å². The van der Waals surface area contributed by atoms with Crippen molar-refractivity contribution in [2.45, 2.75) is 46.7 Å². The molecule has 1 aromatic carbocycles. The second-order valence-electron chi connectivity index (χ2n) is 6.79. The third kappa shape index (κ3) is 6.14. The molecule has 2 rings (SSSR count). The van der Waals surface area contributed by atoms with Crippen molar-refractivity contribution in [3.05, 3.63) is 32.6 Å². The SMILES string of the molecule is CCOC(=O)COc1c(Cl)cc(/C=C2/SC(=NC(C)C)N(C(C)C)C2=O)cc1Cl. The number of carbonyl (C=O) groups excluding carboxylic acids is 2. The van der Waals surface area contributed by atoms with Crippen LogP contribution in [0.15, 0.2) is 22.0 Å². The number of amidine groups is 1. The van der Waals surface area contributed by atoms with Gasteiger partial charge in [0, 0.05) is 12.1 Å². The minimum Gasteiger partial charge on any atom is -0.479 e. The zero-order valence-electron chi connectivity index (χ0n) is 17.0. The predicted octanol–water partition coefficient (Wildman–Crippen LogP) is 5.02. The van der Waals surface area contributed by atoms with Gasteiger partial charge in [-0.05, 0) is 70.2 Å². The van der Waals surface area contributed by atoms with E-state index in [-0.39, 0.29) is 47.0 Å². The molecule has 0 N–H and O–H groups in total. The molecule has 1 fully saturated rings. The molecular formula is C20H24Cl2N2O4S. The number of halogens is 2. The van der Waals surface area contributed by atoms with Crippen molar-refractivity contribution in [1.82, 2.24) is 4.90 Å². The van der Waals surface area contributed by atoms with E-state index >= 15 is 0 Å². The minimum atomic E-state index is -0.510. The minimum absolute atomic E-state index is 0.00997. The largest absolute Gasteiger partial charge is 0.479 e. The van der Waals surface area contributed by atoms with E-state index in [4.69, 9.17) is 32.7 Å². The fourth-order valence-corrected chi connectivity index (χ4v) is 4.38. The smallest absolute Gasteiger partial charge is 0.344 e. The average Bonchev–Trinajstić information content (AvgIpc) is 2.88. The molecule has 9 heteroatoms. The highest BCUT2D eigenvalue weighted by Gasteiger charge is 2.35. The quantitative estimate of drug-likeness (QED) is 0.423. The van der Waals surface area contributed by atoms with Gasteiger partial charge in [-0.3, -0.25) is 14.7 Å². The van der Waals surface area contributed by atoms with Crippen LogP contribution in [0.1, 0.15) is 40.2 Å². The van der Waals surface area contributed by atoms with E-state index in [1.54, 1.807) is 30.0 Å². The Morgan fingerprint density at radius 3 is 2.38 bits per heavy atom. The van der Waals surface area contributed by atoms with Crippen LogP contribution < -0.4 is 4.74 Å². The maximum absolute atomic E-state index is 12.8. The Hall–Kier alpha value is -1.70. The highest BCUT2D eigenvalue weighted by Crippen LogP contribution is 2.38. The molecule has 29 heavy (non-hydrogen) atoms. The molecule has 1 aliphatic rings. The number of esters is 1. The van der Waals surface area contributed by atoms with Gasteiger partial charge in [0.25, 0.3) is 5.91 Å². The molecule has 0 aliphatic carbocycles. The third-order valence-electron chi connectivity index (χ3n) is 3.68. The number of benzene rings is 1. The van der Waals surface area contributed by atoms with Gasteiger partial charge in [-0.25, -0.2) is 4.79 Å². The van der Waals surface area contributed by atoms with Crippen molar-refractivity contribution in [2.75, 3.05) is 13.2 Å². The Bertz CT molecular complexity index is 830. The number of carbonyl (C=O) groups is 2. The molecule has 0 spiro atoms. The summed E-state index contributed by atoms with van der Waals surface area (Å²) < 4.78 is 10.2.